The van der Waals surface area contributed by atoms with Crippen molar-refractivity contribution >= 4 is 17.8 Å². The van der Waals surface area contributed by atoms with E-state index in [9.17, 15) is 28.2 Å². The number of carbonyl (C=O) groups excluding carboxylic acids is 1. The number of carboxylic acids is 2. The summed E-state index contributed by atoms with van der Waals surface area (Å²) >= 11 is 0. The van der Waals surface area contributed by atoms with Crippen LogP contribution in [0.5, 0.6) is 11.5 Å². The highest BCUT2D eigenvalue weighted by molar-refractivity contribution is 6.27. The predicted molar refractivity (Wildman–Crippen MR) is 143 cm³/mol. The molecule has 5 aliphatic rings. The van der Waals surface area contributed by atoms with E-state index in [0.717, 1.165) is 36.3 Å². The Morgan fingerprint density at radius 2 is 1.67 bits per heavy atom. The zero-order valence-electron chi connectivity index (χ0n) is 22.9. The van der Waals surface area contributed by atoms with Gasteiger partial charge >= 0.3 is 18.1 Å². The smallest absolute Gasteiger partial charge is 0.416 e. The Hall–Kier alpha value is -3.84. The second-order valence-electron chi connectivity index (χ2n) is 12.1. The largest absolute Gasteiger partial charge is 0.504 e. The van der Waals surface area contributed by atoms with Crippen molar-refractivity contribution in [3.8, 4) is 11.5 Å². The van der Waals surface area contributed by atoms with Gasteiger partial charge in [0, 0.05) is 23.7 Å². The van der Waals surface area contributed by atoms with Crippen LogP contribution in [0.2, 0.25) is 0 Å². The predicted octanol–water partition coefficient (Wildman–Crippen LogP) is 2.93. The van der Waals surface area contributed by atoms with Crippen LogP contribution >= 0.6 is 0 Å². The Balaban J connectivity index is 0.000000501. The Bertz CT molecular complexity index is 1460. The summed E-state index contributed by atoms with van der Waals surface area (Å²) in [6.45, 7) is 1.78. The highest BCUT2D eigenvalue weighted by atomic mass is 19.4. The first kappa shape index (κ1) is 29.2. The van der Waals surface area contributed by atoms with Gasteiger partial charge in [-0.25, -0.2) is 9.59 Å². The lowest BCUT2D eigenvalue weighted by molar-refractivity contribution is -0.191. The van der Waals surface area contributed by atoms with Gasteiger partial charge in [0.1, 0.15) is 6.10 Å². The number of hydrogen-bond donors (Lipinski definition) is 5. The number of rotatable bonds is 4. The maximum Gasteiger partial charge on any atom is 0.416 e. The molecule has 5 N–H and O–H groups in total. The van der Waals surface area contributed by atoms with E-state index in [1.54, 1.807) is 6.07 Å². The Morgan fingerprint density at radius 3 is 2.28 bits per heavy atom. The fourth-order valence-corrected chi connectivity index (χ4v) is 7.69. The lowest BCUT2D eigenvalue weighted by Gasteiger charge is -2.64. The fraction of sp³-hybridized carbons (Fsp3) is 0.500. The number of nitrogens with zero attached hydrogens (tertiary/aromatic N) is 1. The highest BCUT2D eigenvalue weighted by Crippen LogP contribution is 2.65. The standard InChI is InChI=1S/C28H29F3N2O4.C2H2O4/c29-28(30,31)18-6-3-16(4-7-18)25(35)32-19-9-10-27(36)21-13-17-5-8-20(34)23-22(17)26(27,24(19)37-23)11-12-33(21)14-15-1-2-15;3-1(4)2(5)6/h3-8,15,19,21,24,34,36H,1-2,9-14H2,(H,32,35);(H,3,4)(H,5,6)/t19-,21-,24+,26+,27-;/m1./s1. The molecule has 2 saturated carbocycles. The lowest BCUT2D eigenvalue weighted by atomic mass is 9.48. The third-order valence-electron chi connectivity index (χ3n) is 9.74. The number of carbonyl (C=O) groups is 3. The molecule has 2 bridgehead atoms. The van der Waals surface area contributed by atoms with Gasteiger partial charge in [0.2, 0.25) is 0 Å². The molecule has 7 rings (SSSR count). The molecule has 2 aromatic rings. The van der Waals surface area contributed by atoms with Crippen molar-refractivity contribution < 1.29 is 52.7 Å². The monoisotopic (exact) mass is 604 g/mol. The Kier molecular flexibility index (Phi) is 6.88. The van der Waals surface area contributed by atoms with Crippen LogP contribution in [-0.4, -0.2) is 80.1 Å². The number of nitrogens with one attached hydrogen (secondary N) is 1. The molecule has 1 amide bonds. The molecular weight excluding hydrogens is 573 g/mol. The number of amides is 1. The number of alkyl halides is 3. The molecule has 13 heteroatoms. The van der Waals surface area contributed by atoms with Gasteiger partial charge in [-0.3, -0.25) is 9.69 Å². The molecular formula is C30H31F3N2O8. The molecule has 43 heavy (non-hydrogen) atoms. The number of benzene rings is 2. The minimum Gasteiger partial charge on any atom is -0.504 e. The topological polar surface area (TPSA) is 157 Å². The molecule has 0 radical (unpaired) electrons. The molecule has 230 valence electrons. The van der Waals surface area contributed by atoms with Gasteiger partial charge in [-0.1, -0.05) is 6.07 Å². The van der Waals surface area contributed by atoms with Crippen LogP contribution in [0.25, 0.3) is 0 Å². The molecule has 0 unspecified atom stereocenters. The van der Waals surface area contributed by atoms with Gasteiger partial charge in [-0.15, -0.1) is 0 Å². The van der Waals surface area contributed by atoms with Crippen LogP contribution in [-0.2, 0) is 27.6 Å². The molecule has 3 fully saturated rings. The third kappa shape index (κ3) is 4.69. The summed E-state index contributed by atoms with van der Waals surface area (Å²) in [4.78, 5) is 33.8. The van der Waals surface area contributed by atoms with Gasteiger partial charge in [0.25, 0.3) is 5.91 Å². The van der Waals surface area contributed by atoms with Crippen molar-refractivity contribution in [3.63, 3.8) is 0 Å². The van der Waals surface area contributed by atoms with Crippen LogP contribution in [0.4, 0.5) is 13.2 Å². The summed E-state index contributed by atoms with van der Waals surface area (Å²) in [5.74, 6) is -3.03. The number of phenolic OH excluding ortho intramolecular Hbond substituents is 1. The number of ether oxygens (including phenoxy) is 1. The summed E-state index contributed by atoms with van der Waals surface area (Å²) in [7, 11) is 0. The summed E-state index contributed by atoms with van der Waals surface area (Å²) in [6.07, 6.45) is -0.344. The number of likely N-dealkylation sites (tertiary alicyclic amines) is 1. The molecule has 5 atom stereocenters. The second-order valence-corrected chi connectivity index (χ2v) is 12.1. The van der Waals surface area contributed by atoms with Gasteiger partial charge < -0.3 is 30.5 Å². The molecule has 10 nitrogen and oxygen atoms in total. The summed E-state index contributed by atoms with van der Waals surface area (Å²) < 4.78 is 45.3. The summed E-state index contributed by atoms with van der Waals surface area (Å²) in [6, 6.07) is 7.20. The van der Waals surface area contributed by atoms with Crippen molar-refractivity contribution in [3.05, 3.63) is 58.7 Å². The van der Waals surface area contributed by atoms with E-state index >= 15 is 0 Å². The molecule has 1 spiro atoms. The van der Waals surface area contributed by atoms with Crippen molar-refractivity contribution in [1.29, 1.82) is 0 Å². The van der Waals surface area contributed by atoms with E-state index in [-0.39, 0.29) is 17.4 Å². The Morgan fingerprint density at radius 1 is 1.00 bits per heavy atom. The van der Waals surface area contributed by atoms with Crippen LogP contribution in [0.15, 0.2) is 36.4 Å². The van der Waals surface area contributed by atoms with E-state index in [1.165, 1.54) is 25.0 Å². The number of aliphatic hydroxyl groups is 1. The molecule has 2 aliphatic heterocycles. The van der Waals surface area contributed by atoms with Crippen molar-refractivity contribution in [1.82, 2.24) is 10.2 Å². The average Bonchev–Trinajstić information content (AvgIpc) is 3.69. The lowest BCUT2D eigenvalue weighted by Crippen LogP contribution is -2.78. The molecule has 2 aromatic carbocycles. The molecule has 3 aliphatic carbocycles. The van der Waals surface area contributed by atoms with Gasteiger partial charge in [-0.2, -0.15) is 13.2 Å². The third-order valence-corrected chi connectivity index (χ3v) is 9.74. The quantitative estimate of drug-likeness (QED) is 0.331. The van der Waals surface area contributed by atoms with E-state index in [4.69, 9.17) is 24.5 Å². The van der Waals surface area contributed by atoms with E-state index in [2.05, 4.69) is 10.2 Å². The maximum atomic E-state index is 13.1. The van der Waals surface area contributed by atoms with Crippen molar-refractivity contribution in [2.24, 2.45) is 5.92 Å². The average molecular weight is 605 g/mol. The van der Waals surface area contributed by atoms with Crippen LogP contribution in [0, 0.1) is 5.92 Å². The van der Waals surface area contributed by atoms with Gasteiger partial charge in [0.05, 0.1) is 22.6 Å². The van der Waals surface area contributed by atoms with E-state index in [0.29, 0.717) is 37.4 Å². The van der Waals surface area contributed by atoms with Crippen molar-refractivity contribution in [2.75, 3.05) is 13.1 Å². The van der Waals surface area contributed by atoms with Gasteiger partial charge in [0.15, 0.2) is 11.5 Å². The summed E-state index contributed by atoms with van der Waals surface area (Å²) in [5, 5.41) is 41.0. The molecule has 2 heterocycles. The fourth-order valence-electron chi connectivity index (χ4n) is 7.69. The van der Waals surface area contributed by atoms with Crippen LogP contribution in [0.1, 0.15) is 59.2 Å². The number of carboxylic acid groups (broad SMARTS) is 2. The van der Waals surface area contributed by atoms with Gasteiger partial charge in [-0.05, 0) is 86.9 Å². The maximum absolute atomic E-state index is 13.1. The number of piperidine rings is 1. The minimum atomic E-state index is -4.48. The number of aliphatic carboxylic acids is 2. The first-order valence-corrected chi connectivity index (χ1v) is 14.2. The number of hydrogen-bond acceptors (Lipinski definition) is 7. The first-order valence-electron chi connectivity index (χ1n) is 14.2. The first-order chi connectivity index (χ1) is 20.3. The highest BCUT2D eigenvalue weighted by Gasteiger charge is 2.73. The minimum absolute atomic E-state index is 0.0246. The SMILES string of the molecule is O=C(N[C@@H]1CC[C@@]2(O)[C@H]3Cc4ccc(O)c5c4[C@@]2(CCN3CC2CC2)[C@H]1O5)c1ccc(C(F)(F)F)cc1.O=C(O)C(=O)O. The zero-order chi connectivity index (χ0) is 30.9. The number of phenols is 1. The zero-order valence-corrected chi connectivity index (χ0v) is 22.9. The number of aromatic hydroxyl groups is 1. The molecule has 1 saturated heterocycles. The second kappa shape index (κ2) is 10.1. The van der Waals surface area contributed by atoms with Crippen LogP contribution < -0.4 is 10.1 Å². The normalized spacial score (nSPS) is 30.3. The van der Waals surface area contributed by atoms with Crippen LogP contribution in [0.3, 0.4) is 0 Å². The summed E-state index contributed by atoms with van der Waals surface area (Å²) in [5.41, 5.74) is -0.570. The van der Waals surface area contributed by atoms with Crippen molar-refractivity contribution in [2.45, 2.75) is 73.9 Å². The number of halogens is 3. The van der Waals surface area contributed by atoms with E-state index in [1.807, 2.05) is 6.07 Å². The molecule has 0 aromatic heterocycles. The Labute approximate surface area is 244 Å². The van der Waals surface area contributed by atoms with E-state index < -0.39 is 52.7 Å².